The molecular formula is C17H25BrN2O2. The Labute approximate surface area is 141 Å². The van der Waals surface area contributed by atoms with E-state index in [1.807, 2.05) is 19.1 Å². The van der Waals surface area contributed by atoms with Gasteiger partial charge in [0.1, 0.15) is 0 Å². The number of carbonyl (C=O) groups is 1. The zero-order valence-electron chi connectivity index (χ0n) is 13.4. The molecule has 0 spiro atoms. The fourth-order valence-corrected chi connectivity index (χ4v) is 2.26. The summed E-state index contributed by atoms with van der Waals surface area (Å²) in [6.07, 6.45) is 7.76. The van der Waals surface area contributed by atoms with E-state index in [0.29, 0.717) is 5.69 Å². The summed E-state index contributed by atoms with van der Waals surface area (Å²) in [4.78, 5) is 16.5. The number of benzene rings is 1. The Morgan fingerprint density at radius 2 is 1.77 bits per heavy atom. The molecule has 1 aromatic rings. The number of unbranched alkanes of at least 4 members (excludes halogenated alkanes) is 5. The molecule has 22 heavy (non-hydrogen) atoms. The van der Waals surface area contributed by atoms with Crippen LogP contribution in [-0.4, -0.2) is 11.8 Å². The van der Waals surface area contributed by atoms with Crippen LogP contribution in [0.3, 0.4) is 0 Å². The molecule has 0 saturated heterocycles. The Hall–Kier alpha value is -1.36. The molecule has 0 aromatic heterocycles. The minimum Gasteiger partial charge on any atom is -0.298 e. The lowest BCUT2D eigenvalue weighted by Crippen LogP contribution is -2.11. The molecule has 0 unspecified atom stereocenters. The molecule has 0 bridgehead atoms. The number of rotatable bonds is 9. The maximum Gasteiger partial charge on any atom is 0.437 e. The van der Waals surface area contributed by atoms with Gasteiger partial charge in [0.25, 0.3) is 0 Å². The highest BCUT2D eigenvalue weighted by Gasteiger charge is 2.03. The van der Waals surface area contributed by atoms with Gasteiger partial charge in [-0.25, -0.2) is 4.79 Å². The third-order valence-electron chi connectivity index (χ3n) is 3.27. The van der Waals surface area contributed by atoms with E-state index in [-0.39, 0.29) is 0 Å². The van der Waals surface area contributed by atoms with Gasteiger partial charge in [0, 0.05) is 10.2 Å². The van der Waals surface area contributed by atoms with Gasteiger partial charge < -0.3 is 0 Å². The summed E-state index contributed by atoms with van der Waals surface area (Å²) in [5.74, 6) is 0. The molecular weight excluding hydrogens is 344 g/mol. The van der Waals surface area contributed by atoms with E-state index in [1.165, 1.54) is 32.1 Å². The molecule has 0 aliphatic heterocycles. The Morgan fingerprint density at radius 1 is 1.14 bits per heavy atom. The highest BCUT2D eigenvalue weighted by molar-refractivity contribution is 9.10. The monoisotopic (exact) mass is 368 g/mol. The minimum absolute atomic E-state index is 0.565. The molecule has 0 aliphatic rings. The van der Waals surface area contributed by atoms with Crippen LogP contribution in [0.2, 0.25) is 0 Å². The van der Waals surface area contributed by atoms with Crippen LogP contribution in [0.5, 0.6) is 0 Å². The predicted molar refractivity (Wildman–Crippen MR) is 95.3 cm³/mol. The lowest BCUT2D eigenvalue weighted by atomic mass is 10.1. The number of halogens is 1. The summed E-state index contributed by atoms with van der Waals surface area (Å²) in [5.41, 5.74) is 1.53. The molecule has 4 nitrogen and oxygen atoms in total. The van der Waals surface area contributed by atoms with Gasteiger partial charge in [-0.15, -0.1) is 0 Å². The van der Waals surface area contributed by atoms with Crippen LogP contribution in [0.4, 0.5) is 10.5 Å². The van der Waals surface area contributed by atoms with Crippen molar-refractivity contribution in [1.82, 2.24) is 0 Å². The van der Waals surface area contributed by atoms with Crippen LogP contribution in [0, 0.1) is 0 Å². The van der Waals surface area contributed by atoms with Gasteiger partial charge in [-0.05, 0) is 44.0 Å². The Balaban J connectivity index is 2.19. The number of nitrogens with one attached hydrogen (secondary N) is 1. The summed E-state index contributed by atoms with van der Waals surface area (Å²) in [6, 6.07) is 7.28. The van der Waals surface area contributed by atoms with Crippen molar-refractivity contribution in [3.8, 4) is 0 Å². The SMILES string of the molecule is CCCCCCCC/C(C)=N/OC(=O)Nc1ccc(Br)cc1. The largest absolute Gasteiger partial charge is 0.437 e. The molecule has 0 fully saturated rings. The average Bonchev–Trinajstić information content (AvgIpc) is 2.51. The number of hydrogen-bond donors (Lipinski definition) is 1. The second kappa shape index (κ2) is 11.2. The van der Waals surface area contributed by atoms with E-state index in [4.69, 9.17) is 4.84 Å². The van der Waals surface area contributed by atoms with Crippen LogP contribution < -0.4 is 5.32 Å². The van der Waals surface area contributed by atoms with Crippen molar-refractivity contribution < 1.29 is 9.63 Å². The van der Waals surface area contributed by atoms with Gasteiger partial charge in [-0.2, -0.15) is 0 Å². The molecule has 0 saturated carbocycles. The van der Waals surface area contributed by atoms with E-state index >= 15 is 0 Å². The van der Waals surface area contributed by atoms with Crippen molar-refractivity contribution in [2.75, 3.05) is 5.32 Å². The van der Waals surface area contributed by atoms with Crippen molar-refractivity contribution in [2.24, 2.45) is 5.16 Å². The van der Waals surface area contributed by atoms with Crippen molar-refractivity contribution in [3.63, 3.8) is 0 Å². The van der Waals surface area contributed by atoms with Gasteiger partial charge in [0.15, 0.2) is 0 Å². The van der Waals surface area contributed by atoms with Crippen molar-refractivity contribution in [1.29, 1.82) is 0 Å². The van der Waals surface area contributed by atoms with Crippen LogP contribution in [0.25, 0.3) is 0 Å². The maximum absolute atomic E-state index is 11.6. The highest BCUT2D eigenvalue weighted by Crippen LogP contribution is 2.14. The normalized spacial score (nSPS) is 11.3. The third kappa shape index (κ3) is 8.82. The second-order valence-corrected chi connectivity index (χ2v) is 6.27. The molecule has 122 valence electrons. The van der Waals surface area contributed by atoms with Crippen LogP contribution in [0.1, 0.15) is 58.8 Å². The van der Waals surface area contributed by atoms with E-state index in [9.17, 15) is 4.79 Å². The van der Waals surface area contributed by atoms with Gasteiger partial charge in [0.2, 0.25) is 0 Å². The average molecular weight is 369 g/mol. The maximum atomic E-state index is 11.6. The van der Waals surface area contributed by atoms with E-state index in [0.717, 1.165) is 23.0 Å². The number of anilines is 1. The molecule has 1 aromatic carbocycles. The minimum atomic E-state index is -0.565. The van der Waals surface area contributed by atoms with Gasteiger partial charge in [-0.1, -0.05) is 60.1 Å². The molecule has 0 atom stereocenters. The zero-order valence-corrected chi connectivity index (χ0v) is 15.0. The zero-order chi connectivity index (χ0) is 16.2. The predicted octanol–water partition coefficient (Wildman–Crippen LogP) is 6.12. The first-order valence-electron chi connectivity index (χ1n) is 7.89. The van der Waals surface area contributed by atoms with Crippen molar-refractivity contribution >= 4 is 33.4 Å². The van der Waals surface area contributed by atoms with Crippen molar-refractivity contribution in [3.05, 3.63) is 28.7 Å². The summed E-state index contributed by atoms with van der Waals surface area (Å²) in [6.45, 7) is 4.10. The van der Waals surface area contributed by atoms with Crippen LogP contribution in [0.15, 0.2) is 33.9 Å². The van der Waals surface area contributed by atoms with Gasteiger partial charge >= 0.3 is 6.09 Å². The number of amides is 1. The van der Waals surface area contributed by atoms with Crippen LogP contribution in [-0.2, 0) is 4.84 Å². The summed E-state index contributed by atoms with van der Waals surface area (Å²) in [7, 11) is 0. The summed E-state index contributed by atoms with van der Waals surface area (Å²) in [5, 5.41) is 6.49. The Kier molecular flexibility index (Phi) is 9.55. The smallest absolute Gasteiger partial charge is 0.298 e. The standard InChI is InChI=1S/C17H25BrN2O2/c1-3-4-5-6-7-8-9-14(2)20-22-17(21)19-16-12-10-15(18)11-13-16/h10-13H,3-9H2,1-2H3,(H,19,21)/b20-14+. The van der Waals surface area contributed by atoms with E-state index in [2.05, 4.69) is 33.3 Å². The van der Waals surface area contributed by atoms with Gasteiger partial charge in [0.05, 0.1) is 5.71 Å². The molecule has 1 amide bonds. The molecule has 0 radical (unpaired) electrons. The Bertz CT molecular complexity index is 472. The fraction of sp³-hybridized carbons (Fsp3) is 0.529. The second-order valence-electron chi connectivity index (χ2n) is 5.35. The number of nitrogens with zero attached hydrogens (tertiary/aromatic N) is 1. The Morgan fingerprint density at radius 3 is 2.45 bits per heavy atom. The van der Waals surface area contributed by atoms with Crippen molar-refractivity contribution in [2.45, 2.75) is 58.8 Å². The van der Waals surface area contributed by atoms with Crippen LogP contribution >= 0.6 is 15.9 Å². The number of hydrogen-bond acceptors (Lipinski definition) is 3. The first kappa shape index (κ1) is 18.7. The first-order chi connectivity index (χ1) is 10.6. The van der Waals surface area contributed by atoms with E-state index in [1.54, 1.807) is 12.1 Å². The third-order valence-corrected chi connectivity index (χ3v) is 3.80. The molecule has 1 N–H and O–H groups in total. The highest BCUT2D eigenvalue weighted by atomic mass is 79.9. The lowest BCUT2D eigenvalue weighted by Gasteiger charge is -2.04. The van der Waals surface area contributed by atoms with Gasteiger partial charge in [-0.3, -0.25) is 10.2 Å². The fourth-order valence-electron chi connectivity index (χ4n) is 2.00. The molecule has 1 rings (SSSR count). The molecule has 0 aliphatic carbocycles. The molecule has 5 heteroatoms. The summed E-state index contributed by atoms with van der Waals surface area (Å²) < 4.78 is 0.958. The quantitative estimate of drug-likeness (QED) is 0.247. The molecule has 0 heterocycles. The van der Waals surface area contributed by atoms with E-state index < -0.39 is 6.09 Å². The topological polar surface area (TPSA) is 50.7 Å². The first-order valence-corrected chi connectivity index (χ1v) is 8.68. The number of oxime groups is 1. The lowest BCUT2D eigenvalue weighted by molar-refractivity contribution is 0.166. The number of carbonyl (C=O) groups excluding carboxylic acids is 1. The summed E-state index contributed by atoms with van der Waals surface area (Å²) >= 11 is 3.34.